The van der Waals surface area contributed by atoms with Crippen LogP contribution in [0.3, 0.4) is 0 Å². The van der Waals surface area contributed by atoms with Crippen LogP contribution in [0, 0.1) is 0 Å². The van der Waals surface area contributed by atoms with Crippen LogP contribution >= 0.6 is 23.4 Å². The third-order valence-electron chi connectivity index (χ3n) is 4.68. The minimum Gasteiger partial charge on any atom is -0.493 e. The van der Waals surface area contributed by atoms with Crippen LogP contribution < -0.4 is 9.47 Å². The van der Waals surface area contributed by atoms with Gasteiger partial charge in [-0.15, -0.1) is 10.2 Å². The number of aromatic nitrogens is 3. The van der Waals surface area contributed by atoms with Crippen molar-refractivity contribution < 1.29 is 9.47 Å². The average molecular weight is 417 g/mol. The highest BCUT2D eigenvalue weighted by atomic mass is 35.5. The number of halogens is 1. The molecule has 1 aliphatic heterocycles. The molecule has 0 unspecified atom stereocenters. The maximum absolute atomic E-state index is 6.15. The molecule has 0 amide bonds. The maximum atomic E-state index is 6.15. The number of rotatable bonds is 6. The number of benzene rings is 2. The van der Waals surface area contributed by atoms with Gasteiger partial charge in [-0.2, -0.15) is 0 Å². The Morgan fingerprint density at radius 1 is 1.07 bits per heavy atom. The number of thioether (sulfide) groups is 1. The Bertz CT molecular complexity index is 979. The largest absolute Gasteiger partial charge is 0.493 e. The molecule has 8 heteroatoms. The molecule has 2 heterocycles. The maximum Gasteiger partial charge on any atom is 0.193 e. The number of methoxy groups -OCH3 is 2. The predicted octanol–water partition coefficient (Wildman–Crippen LogP) is 4.18. The quantitative estimate of drug-likeness (QED) is 0.600. The van der Waals surface area contributed by atoms with Crippen molar-refractivity contribution in [3.05, 3.63) is 53.1 Å². The molecule has 2 aromatic carbocycles. The van der Waals surface area contributed by atoms with Gasteiger partial charge in [0.2, 0.25) is 0 Å². The predicted molar refractivity (Wildman–Crippen MR) is 111 cm³/mol. The lowest BCUT2D eigenvalue weighted by Gasteiger charge is -2.27. The zero-order valence-electron chi connectivity index (χ0n) is 15.8. The molecule has 28 heavy (non-hydrogen) atoms. The van der Waals surface area contributed by atoms with Gasteiger partial charge in [-0.3, -0.25) is 9.47 Å². The van der Waals surface area contributed by atoms with Crippen LogP contribution in [0.15, 0.2) is 47.6 Å². The minimum absolute atomic E-state index is 0.698. The molecule has 0 fully saturated rings. The molecule has 0 bridgehead atoms. The number of fused-ring (bicyclic) bond motifs is 1. The highest BCUT2D eigenvalue weighted by Gasteiger charge is 2.22. The summed E-state index contributed by atoms with van der Waals surface area (Å²) in [5, 5.41) is 10.4. The molecule has 3 aromatic rings. The lowest BCUT2D eigenvalue weighted by atomic mass is 10.1. The van der Waals surface area contributed by atoms with Gasteiger partial charge in [-0.1, -0.05) is 41.6 Å². The normalized spacial score (nSPS) is 14.0. The molecule has 0 saturated carbocycles. The smallest absolute Gasteiger partial charge is 0.193 e. The van der Waals surface area contributed by atoms with Gasteiger partial charge < -0.3 is 9.47 Å². The second kappa shape index (κ2) is 8.43. The molecule has 4 rings (SSSR count). The van der Waals surface area contributed by atoms with E-state index in [1.165, 1.54) is 5.56 Å². The minimum atomic E-state index is 0.698. The third kappa shape index (κ3) is 3.97. The van der Waals surface area contributed by atoms with Gasteiger partial charge in [0.05, 0.1) is 26.8 Å². The summed E-state index contributed by atoms with van der Waals surface area (Å²) in [7, 11) is 3.31. The van der Waals surface area contributed by atoms with Gasteiger partial charge in [0.15, 0.2) is 22.5 Å². The van der Waals surface area contributed by atoms with E-state index in [4.69, 9.17) is 21.1 Å². The van der Waals surface area contributed by atoms with Gasteiger partial charge >= 0.3 is 0 Å². The van der Waals surface area contributed by atoms with Crippen LogP contribution in [-0.2, 0) is 13.1 Å². The van der Waals surface area contributed by atoms with Crippen molar-refractivity contribution in [2.24, 2.45) is 0 Å². The zero-order valence-corrected chi connectivity index (χ0v) is 17.3. The Labute approximate surface area is 173 Å². The number of nitrogens with zero attached hydrogens (tertiary/aromatic N) is 4. The molecule has 0 atom stereocenters. The fraction of sp³-hybridized carbons (Fsp3) is 0.300. The molecule has 1 aromatic heterocycles. The van der Waals surface area contributed by atoms with Crippen LogP contribution in [-0.4, -0.2) is 46.3 Å². The molecule has 0 saturated heterocycles. The molecule has 1 aliphatic rings. The van der Waals surface area contributed by atoms with Crippen molar-refractivity contribution in [3.8, 4) is 22.9 Å². The summed E-state index contributed by atoms with van der Waals surface area (Å²) in [6.45, 7) is 1.68. The fourth-order valence-electron chi connectivity index (χ4n) is 3.21. The molecule has 0 N–H and O–H groups in total. The second-order valence-corrected chi connectivity index (χ2v) is 7.84. The highest BCUT2D eigenvalue weighted by Crippen LogP contribution is 2.31. The topological polar surface area (TPSA) is 52.4 Å². The Morgan fingerprint density at radius 3 is 2.71 bits per heavy atom. The van der Waals surface area contributed by atoms with E-state index in [1.807, 2.05) is 36.4 Å². The van der Waals surface area contributed by atoms with Crippen molar-refractivity contribution in [1.29, 1.82) is 0 Å². The monoisotopic (exact) mass is 416 g/mol. The van der Waals surface area contributed by atoms with Crippen LogP contribution in [0.1, 0.15) is 5.56 Å². The van der Waals surface area contributed by atoms with E-state index >= 15 is 0 Å². The van der Waals surface area contributed by atoms with E-state index in [0.29, 0.717) is 5.02 Å². The first-order valence-electron chi connectivity index (χ1n) is 8.93. The van der Waals surface area contributed by atoms with Crippen molar-refractivity contribution in [2.45, 2.75) is 18.2 Å². The van der Waals surface area contributed by atoms with Crippen LogP contribution in [0.5, 0.6) is 11.5 Å². The Morgan fingerprint density at radius 2 is 1.93 bits per heavy atom. The zero-order chi connectivity index (χ0) is 19.5. The van der Waals surface area contributed by atoms with Crippen LogP contribution in [0.25, 0.3) is 11.4 Å². The van der Waals surface area contributed by atoms with E-state index in [2.05, 4.69) is 25.7 Å². The number of ether oxygens (including phenoxy) is 2. The van der Waals surface area contributed by atoms with E-state index < -0.39 is 0 Å². The molecular weight excluding hydrogens is 396 g/mol. The standard InChI is InChI=1S/C20H21ClN4O2S/c1-26-17-7-6-14(10-18(17)27-2)8-9-24-12-25-19(22-23-20(25)28-13-24)15-4-3-5-16(21)11-15/h3-7,10-11H,8-9,12-13H2,1-2H3. The van der Waals surface area contributed by atoms with Crippen molar-refractivity contribution in [1.82, 2.24) is 19.7 Å². The Kier molecular flexibility index (Phi) is 5.75. The van der Waals surface area contributed by atoms with Crippen molar-refractivity contribution in [2.75, 3.05) is 26.6 Å². The lowest BCUT2D eigenvalue weighted by Crippen LogP contribution is -2.32. The van der Waals surface area contributed by atoms with E-state index in [0.717, 1.165) is 53.6 Å². The van der Waals surface area contributed by atoms with Crippen LogP contribution in [0.4, 0.5) is 0 Å². The Balaban J connectivity index is 1.47. The molecule has 0 radical (unpaired) electrons. The molecular formula is C20H21ClN4O2S. The van der Waals surface area contributed by atoms with Crippen LogP contribution in [0.2, 0.25) is 5.02 Å². The summed E-state index contributed by atoms with van der Waals surface area (Å²) >= 11 is 7.85. The third-order valence-corrected chi connectivity index (χ3v) is 5.97. The summed E-state index contributed by atoms with van der Waals surface area (Å²) in [6.07, 6.45) is 0.921. The summed E-state index contributed by atoms with van der Waals surface area (Å²) in [5.74, 6) is 3.25. The average Bonchev–Trinajstić information content (AvgIpc) is 3.15. The Hall–Kier alpha value is -2.22. The first-order chi connectivity index (χ1) is 13.7. The molecule has 146 valence electrons. The summed E-state index contributed by atoms with van der Waals surface area (Å²) < 4.78 is 12.9. The van der Waals surface area contributed by atoms with Gasteiger partial charge in [0, 0.05) is 17.1 Å². The lowest BCUT2D eigenvalue weighted by molar-refractivity contribution is 0.242. The van der Waals surface area contributed by atoms with E-state index in [-0.39, 0.29) is 0 Å². The molecule has 6 nitrogen and oxygen atoms in total. The molecule has 0 spiro atoms. The van der Waals surface area contributed by atoms with Crippen molar-refractivity contribution in [3.63, 3.8) is 0 Å². The van der Waals surface area contributed by atoms with Gasteiger partial charge in [0.25, 0.3) is 0 Å². The summed E-state index contributed by atoms with van der Waals surface area (Å²) in [5.41, 5.74) is 2.20. The highest BCUT2D eigenvalue weighted by molar-refractivity contribution is 7.99. The SMILES string of the molecule is COc1ccc(CCN2CSc3nnc(-c4cccc(Cl)c4)n3C2)cc1OC. The molecule has 0 aliphatic carbocycles. The summed E-state index contributed by atoms with van der Waals surface area (Å²) in [4.78, 5) is 2.38. The number of hydrogen-bond donors (Lipinski definition) is 0. The first-order valence-corrected chi connectivity index (χ1v) is 10.3. The van der Waals surface area contributed by atoms with Gasteiger partial charge in [-0.05, 0) is 36.2 Å². The van der Waals surface area contributed by atoms with Gasteiger partial charge in [-0.25, -0.2) is 0 Å². The summed E-state index contributed by atoms with van der Waals surface area (Å²) in [6, 6.07) is 13.8. The van der Waals surface area contributed by atoms with E-state index in [9.17, 15) is 0 Å². The van der Waals surface area contributed by atoms with E-state index in [1.54, 1.807) is 26.0 Å². The first kappa shape index (κ1) is 19.1. The van der Waals surface area contributed by atoms with Gasteiger partial charge in [0.1, 0.15) is 0 Å². The van der Waals surface area contributed by atoms with Crippen molar-refractivity contribution >= 4 is 23.4 Å². The fourth-order valence-corrected chi connectivity index (χ4v) is 4.31. The second-order valence-electron chi connectivity index (χ2n) is 6.49. The number of hydrogen-bond acceptors (Lipinski definition) is 6.